The number of nitrogens with one attached hydrogen (secondary N) is 2. The monoisotopic (exact) mass is 288 g/mol. The van der Waals surface area contributed by atoms with Crippen LogP contribution in [0, 0.1) is 0 Å². The van der Waals surface area contributed by atoms with Crippen LogP contribution >= 0.6 is 0 Å². The maximum atomic E-state index is 11.5. The van der Waals surface area contributed by atoms with Gasteiger partial charge in [0.25, 0.3) is 0 Å². The van der Waals surface area contributed by atoms with Gasteiger partial charge < -0.3 is 16.4 Å². The summed E-state index contributed by atoms with van der Waals surface area (Å²) in [4.78, 5) is 15.6. The Morgan fingerprint density at radius 3 is 2.86 bits per heavy atom. The van der Waals surface area contributed by atoms with Crippen LogP contribution in [0.3, 0.4) is 0 Å². The van der Waals surface area contributed by atoms with Gasteiger partial charge in [0.05, 0.1) is 0 Å². The van der Waals surface area contributed by atoms with Crippen LogP contribution in [0.1, 0.15) is 37.8 Å². The zero-order chi connectivity index (χ0) is 15.2. The second-order valence-corrected chi connectivity index (χ2v) is 5.70. The first-order valence-corrected chi connectivity index (χ1v) is 7.53. The van der Waals surface area contributed by atoms with E-state index in [4.69, 9.17) is 5.73 Å². The van der Waals surface area contributed by atoms with Gasteiger partial charge in [-0.15, -0.1) is 0 Å². The zero-order valence-electron chi connectivity index (χ0n) is 12.8. The molecule has 0 saturated carbocycles. The first-order valence-electron chi connectivity index (χ1n) is 7.53. The molecule has 0 radical (unpaired) electrons. The van der Waals surface area contributed by atoms with Crippen molar-refractivity contribution in [3.8, 4) is 0 Å². The average molecular weight is 288 g/mol. The summed E-state index contributed by atoms with van der Waals surface area (Å²) < 4.78 is 0. The number of amides is 1. The van der Waals surface area contributed by atoms with Crippen LogP contribution in [0.15, 0.2) is 23.2 Å². The highest BCUT2D eigenvalue weighted by Crippen LogP contribution is 2.27. The number of carbonyl (C=O) groups is 1. The molecule has 1 aromatic carbocycles. The summed E-state index contributed by atoms with van der Waals surface area (Å²) in [5, 5.41) is 5.91. The number of carbonyl (C=O) groups excluding carboxylic acids is 1. The highest BCUT2D eigenvalue weighted by atomic mass is 16.1. The van der Waals surface area contributed by atoms with Crippen molar-refractivity contribution in [1.82, 2.24) is 5.32 Å². The van der Waals surface area contributed by atoms with Crippen molar-refractivity contribution in [3.63, 3.8) is 0 Å². The van der Waals surface area contributed by atoms with E-state index in [0.717, 1.165) is 18.5 Å². The van der Waals surface area contributed by atoms with Crippen molar-refractivity contribution in [2.45, 2.75) is 45.6 Å². The summed E-state index contributed by atoms with van der Waals surface area (Å²) in [5.74, 6) is 0.165. The molecular formula is C16H24N4O. The molecule has 2 rings (SSSR count). The number of benzene rings is 1. The Kier molecular flexibility index (Phi) is 5.20. The number of fused-ring (bicyclic) bond motifs is 1. The summed E-state index contributed by atoms with van der Waals surface area (Å²) in [6.07, 6.45) is 4.65. The Balaban J connectivity index is 1.99. The highest BCUT2D eigenvalue weighted by molar-refractivity contribution is 5.94. The third kappa shape index (κ3) is 4.48. The fraction of sp³-hybridized carbons (Fsp3) is 0.500. The summed E-state index contributed by atoms with van der Waals surface area (Å²) in [5.41, 5.74) is 9.60. The topological polar surface area (TPSA) is 79.5 Å². The SMILES string of the molecule is CC(C)NC(=O)CN=C(N)Nc1cccc2c1CCCC2. The van der Waals surface area contributed by atoms with Gasteiger partial charge in [0.15, 0.2) is 5.96 Å². The van der Waals surface area contributed by atoms with Crippen LogP contribution in [0.4, 0.5) is 5.69 Å². The van der Waals surface area contributed by atoms with E-state index >= 15 is 0 Å². The summed E-state index contributed by atoms with van der Waals surface area (Å²) in [6.45, 7) is 3.88. The number of nitrogens with zero attached hydrogens (tertiary/aromatic N) is 1. The van der Waals surface area contributed by atoms with Crippen molar-refractivity contribution >= 4 is 17.6 Å². The van der Waals surface area contributed by atoms with E-state index in [1.165, 1.54) is 24.0 Å². The molecule has 0 atom stereocenters. The number of guanidine groups is 1. The molecule has 21 heavy (non-hydrogen) atoms. The molecule has 0 aliphatic heterocycles. The van der Waals surface area contributed by atoms with E-state index in [0.29, 0.717) is 0 Å². The van der Waals surface area contributed by atoms with Gasteiger partial charge in [-0.2, -0.15) is 0 Å². The van der Waals surface area contributed by atoms with Crippen LogP contribution in [-0.4, -0.2) is 24.5 Å². The number of nitrogens with two attached hydrogens (primary N) is 1. The number of rotatable bonds is 4. The van der Waals surface area contributed by atoms with Crippen molar-refractivity contribution in [2.75, 3.05) is 11.9 Å². The van der Waals surface area contributed by atoms with Crippen molar-refractivity contribution in [3.05, 3.63) is 29.3 Å². The van der Waals surface area contributed by atoms with E-state index in [1.807, 2.05) is 26.0 Å². The van der Waals surface area contributed by atoms with Crippen LogP contribution in [0.2, 0.25) is 0 Å². The molecule has 114 valence electrons. The maximum Gasteiger partial charge on any atom is 0.242 e. The lowest BCUT2D eigenvalue weighted by atomic mass is 9.90. The predicted octanol–water partition coefficient (Wildman–Crippen LogP) is 1.82. The van der Waals surface area contributed by atoms with Gasteiger partial charge >= 0.3 is 0 Å². The second kappa shape index (κ2) is 7.11. The lowest BCUT2D eigenvalue weighted by molar-refractivity contribution is -0.120. The molecule has 5 nitrogen and oxygen atoms in total. The molecule has 4 N–H and O–H groups in total. The average Bonchev–Trinajstić information content (AvgIpc) is 2.45. The number of aryl methyl sites for hydroxylation is 1. The third-order valence-electron chi connectivity index (χ3n) is 3.50. The van der Waals surface area contributed by atoms with Gasteiger partial charge in [-0.05, 0) is 56.7 Å². The highest BCUT2D eigenvalue weighted by Gasteiger charge is 2.13. The molecule has 0 unspecified atom stereocenters. The summed E-state index contributed by atoms with van der Waals surface area (Å²) in [6, 6.07) is 6.33. The Hall–Kier alpha value is -2.04. The lowest BCUT2D eigenvalue weighted by Gasteiger charge is -2.19. The fourth-order valence-corrected chi connectivity index (χ4v) is 2.60. The minimum absolute atomic E-state index is 0.0477. The molecule has 1 aliphatic rings. The number of anilines is 1. The standard InChI is InChI=1S/C16H24N4O/c1-11(2)19-15(21)10-18-16(17)20-14-9-5-7-12-6-3-4-8-13(12)14/h5,7,9,11H,3-4,6,8,10H2,1-2H3,(H,19,21)(H3,17,18,20). The summed E-state index contributed by atoms with van der Waals surface area (Å²) >= 11 is 0. The van der Waals surface area contributed by atoms with Gasteiger partial charge in [0.1, 0.15) is 6.54 Å². The molecule has 0 bridgehead atoms. The quantitative estimate of drug-likeness (QED) is 0.584. The predicted molar refractivity (Wildman–Crippen MR) is 86.5 cm³/mol. The normalized spacial score (nSPS) is 14.7. The molecular weight excluding hydrogens is 264 g/mol. The Morgan fingerprint density at radius 2 is 2.10 bits per heavy atom. The van der Waals surface area contributed by atoms with Gasteiger partial charge in [0, 0.05) is 11.7 Å². The molecule has 0 saturated heterocycles. The zero-order valence-corrected chi connectivity index (χ0v) is 12.8. The van der Waals surface area contributed by atoms with Gasteiger partial charge in [-0.1, -0.05) is 12.1 Å². The van der Waals surface area contributed by atoms with Crippen LogP contribution in [0.5, 0.6) is 0 Å². The van der Waals surface area contributed by atoms with E-state index in [-0.39, 0.29) is 24.5 Å². The van der Waals surface area contributed by atoms with E-state index < -0.39 is 0 Å². The number of hydrogen-bond donors (Lipinski definition) is 3. The first-order chi connectivity index (χ1) is 10.1. The molecule has 5 heteroatoms. The number of aliphatic imine (C=N–C) groups is 1. The van der Waals surface area contributed by atoms with Crippen molar-refractivity contribution in [1.29, 1.82) is 0 Å². The second-order valence-electron chi connectivity index (χ2n) is 5.70. The van der Waals surface area contributed by atoms with Gasteiger partial charge in [-0.3, -0.25) is 4.79 Å². The molecule has 1 aliphatic carbocycles. The van der Waals surface area contributed by atoms with Crippen LogP contribution in [0.25, 0.3) is 0 Å². The minimum atomic E-state index is -0.121. The van der Waals surface area contributed by atoms with Crippen molar-refractivity contribution in [2.24, 2.45) is 10.7 Å². The van der Waals surface area contributed by atoms with Crippen molar-refractivity contribution < 1.29 is 4.79 Å². The van der Waals surface area contributed by atoms with Gasteiger partial charge in [0.2, 0.25) is 5.91 Å². The van der Waals surface area contributed by atoms with Crippen LogP contribution < -0.4 is 16.4 Å². The molecule has 0 heterocycles. The maximum absolute atomic E-state index is 11.5. The fourth-order valence-electron chi connectivity index (χ4n) is 2.60. The largest absolute Gasteiger partial charge is 0.370 e. The van der Waals surface area contributed by atoms with E-state index in [9.17, 15) is 4.79 Å². The Bertz CT molecular complexity index is 537. The Morgan fingerprint density at radius 1 is 1.33 bits per heavy atom. The summed E-state index contributed by atoms with van der Waals surface area (Å²) in [7, 11) is 0. The van der Waals surface area contributed by atoms with Gasteiger partial charge in [-0.25, -0.2) is 4.99 Å². The van der Waals surface area contributed by atoms with E-state index in [1.54, 1.807) is 0 Å². The molecule has 0 spiro atoms. The first kappa shape index (κ1) is 15.4. The Labute approximate surface area is 126 Å². The molecule has 0 fully saturated rings. The molecule has 0 aromatic heterocycles. The molecule has 1 aromatic rings. The lowest BCUT2D eigenvalue weighted by Crippen LogP contribution is -2.33. The smallest absolute Gasteiger partial charge is 0.242 e. The third-order valence-corrected chi connectivity index (χ3v) is 3.50. The minimum Gasteiger partial charge on any atom is -0.370 e. The molecule has 1 amide bonds. The van der Waals surface area contributed by atoms with E-state index in [2.05, 4.69) is 21.7 Å². The number of hydrogen-bond acceptors (Lipinski definition) is 2. The van der Waals surface area contributed by atoms with Crippen LogP contribution in [-0.2, 0) is 17.6 Å².